The van der Waals surface area contributed by atoms with Crippen molar-refractivity contribution in [1.82, 2.24) is 10.2 Å². The Morgan fingerprint density at radius 3 is 2.50 bits per heavy atom. The van der Waals surface area contributed by atoms with Crippen molar-refractivity contribution in [2.45, 2.75) is 6.54 Å². The Morgan fingerprint density at radius 2 is 1.90 bits per heavy atom. The third kappa shape index (κ3) is 3.02. The molecule has 0 saturated heterocycles. The SMILES string of the molecule is O=c1cc(-c2ccc(NCc3ccc(Br)s3)cc2)[nH][nH]1. The number of hydrogen-bond acceptors (Lipinski definition) is 3. The highest BCUT2D eigenvalue weighted by atomic mass is 79.9. The van der Waals surface area contributed by atoms with Gasteiger partial charge in [-0.15, -0.1) is 11.3 Å². The molecule has 0 atom stereocenters. The molecule has 3 N–H and O–H groups in total. The molecule has 0 radical (unpaired) electrons. The molecule has 4 nitrogen and oxygen atoms in total. The smallest absolute Gasteiger partial charge is 0.264 e. The molecule has 0 unspecified atom stereocenters. The van der Waals surface area contributed by atoms with Gasteiger partial charge in [-0.2, -0.15) is 0 Å². The van der Waals surface area contributed by atoms with Gasteiger partial charge in [0.2, 0.25) is 0 Å². The third-order valence-corrected chi connectivity index (χ3v) is 4.51. The van der Waals surface area contributed by atoms with Crippen molar-refractivity contribution in [2.75, 3.05) is 5.32 Å². The van der Waals surface area contributed by atoms with Gasteiger partial charge in [0, 0.05) is 23.2 Å². The number of H-pyrrole nitrogens is 2. The zero-order valence-corrected chi connectivity index (χ0v) is 12.8. The maximum atomic E-state index is 11.1. The Hall–Kier alpha value is -1.79. The number of thiophene rings is 1. The highest BCUT2D eigenvalue weighted by Crippen LogP contribution is 2.23. The summed E-state index contributed by atoms with van der Waals surface area (Å²) in [5, 5.41) is 8.74. The minimum Gasteiger partial charge on any atom is -0.380 e. The fourth-order valence-corrected chi connectivity index (χ4v) is 3.31. The van der Waals surface area contributed by atoms with Crippen molar-refractivity contribution < 1.29 is 0 Å². The van der Waals surface area contributed by atoms with Gasteiger partial charge in [-0.05, 0) is 45.8 Å². The quantitative estimate of drug-likeness (QED) is 0.670. The molecule has 20 heavy (non-hydrogen) atoms. The number of aromatic nitrogens is 2. The van der Waals surface area contributed by atoms with Gasteiger partial charge in [0.05, 0.1) is 9.48 Å². The average Bonchev–Trinajstić information content (AvgIpc) is 3.06. The van der Waals surface area contributed by atoms with Crippen molar-refractivity contribution in [3.63, 3.8) is 0 Å². The summed E-state index contributed by atoms with van der Waals surface area (Å²) in [6, 6.07) is 13.7. The van der Waals surface area contributed by atoms with Crippen LogP contribution in [0.4, 0.5) is 5.69 Å². The first-order valence-electron chi connectivity index (χ1n) is 6.07. The Kier molecular flexibility index (Phi) is 3.75. The van der Waals surface area contributed by atoms with E-state index in [1.165, 1.54) is 4.88 Å². The van der Waals surface area contributed by atoms with E-state index in [1.54, 1.807) is 17.4 Å². The molecule has 2 aromatic heterocycles. The molecule has 3 rings (SSSR count). The summed E-state index contributed by atoms with van der Waals surface area (Å²) >= 11 is 5.17. The zero-order chi connectivity index (χ0) is 13.9. The fourth-order valence-electron chi connectivity index (χ4n) is 1.89. The monoisotopic (exact) mass is 349 g/mol. The Labute approximate surface area is 128 Å². The highest BCUT2D eigenvalue weighted by molar-refractivity contribution is 9.11. The molecule has 6 heteroatoms. The van der Waals surface area contributed by atoms with Gasteiger partial charge in [0.1, 0.15) is 0 Å². The molecule has 0 aliphatic rings. The number of benzene rings is 1. The first-order chi connectivity index (χ1) is 9.70. The molecule has 3 aromatic rings. The summed E-state index contributed by atoms with van der Waals surface area (Å²) in [5.41, 5.74) is 2.71. The van der Waals surface area contributed by atoms with Gasteiger partial charge < -0.3 is 5.32 Å². The first kappa shape index (κ1) is 13.2. The molecule has 0 aliphatic carbocycles. The van der Waals surface area contributed by atoms with E-state index in [1.807, 2.05) is 30.3 Å². The van der Waals surface area contributed by atoms with E-state index in [-0.39, 0.29) is 5.56 Å². The summed E-state index contributed by atoms with van der Waals surface area (Å²) in [6.07, 6.45) is 0. The van der Waals surface area contributed by atoms with Gasteiger partial charge in [-0.1, -0.05) is 12.1 Å². The van der Waals surface area contributed by atoms with Crippen LogP contribution in [-0.2, 0) is 6.54 Å². The van der Waals surface area contributed by atoms with Gasteiger partial charge in [0.15, 0.2) is 0 Å². The van der Waals surface area contributed by atoms with Crippen molar-refractivity contribution in [3.8, 4) is 11.3 Å². The van der Waals surface area contributed by atoms with Gasteiger partial charge >= 0.3 is 0 Å². The van der Waals surface area contributed by atoms with Gasteiger partial charge in [0.25, 0.3) is 5.56 Å². The molecule has 0 spiro atoms. The number of anilines is 1. The Bertz CT molecular complexity index is 757. The van der Waals surface area contributed by atoms with E-state index in [0.29, 0.717) is 0 Å². The lowest BCUT2D eigenvalue weighted by Crippen LogP contribution is -1.96. The summed E-state index contributed by atoms with van der Waals surface area (Å²) in [5.74, 6) is 0. The fraction of sp³-hybridized carbons (Fsp3) is 0.0714. The van der Waals surface area contributed by atoms with E-state index in [4.69, 9.17) is 0 Å². The van der Waals surface area contributed by atoms with E-state index in [9.17, 15) is 4.79 Å². The summed E-state index contributed by atoms with van der Waals surface area (Å²) in [6.45, 7) is 0.802. The average molecular weight is 350 g/mol. The lowest BCUT2D eigenvalue weighted by Gasteiger charge is -2.05. The topological polar surface area (TPSA) is 60.7 Å². The van der Waals surface area contributed by atoms with Crippen LogP contribution in [0.5, 0.6) is 0 Å². The molecule has 1 aromatic carbocycles. The predicted molar refractivity (Wildman–Crippen MR) is 86.2 cm³/mol. The van der Waals surface area contributed by atoms with E-state index in [2.05, 4.69) is 37.5 Å². The molecule has 0 amide bonds. The Balaban J connectivity index is 1.68. The Morgan fingerprint density at radius 1 is 1.10 bits per heavy atom. The van der Waals surface area contributed by atoms with Crippen molar-refractivity contribution >= 4 is 33.0 Å². The van der Waals surface area contributed by atoms with Crippen LogP contribution in [0.3, 0.4) is 0 Å². The van der Waals surface area contributed by atoms with Crippen LogP contribution in [-0.4, -0.2) is 10.2 Å². The van der Waals surface area contributed by atoms with Crippen LogP contribution < -0.4 is 10.9 Å². The van der Waals surface area contributed by atoms with Crippen LogP contribution in [0.15, 0.2) is 51.0 Å². The minimum atomic E-state index is -0.120. The third-order valence-electron chi connectivity index (χ3n) is 2.89. The number of halogens is 1. The van der Waals surface area contributed by atoms with Crippen LogP contribution in [0, 0.1) is 0 Å². The standard InChI is InChI=1S/C14H12BrN3OS/c15-13-6-5-11(20-13)8-16-10-3-1-9(2-4-10)12-7-14(19)18-17-12/h1-7,16H,8H2,(H2,17,18,19). The lowest BCUT2D eigenvalue weighted by atomic mass is 10.1. The number of hydrogen-bond donors (Lipinski definition) is 3. The zero-order valence-electron chi connectivity index (χ0n) is 10.4. The molecule has 0 saturated carbocycles. The summed E-state index contributed by atoms with van der Waals surface area (Å²) < 4.78 is 1.14. The van der Waals surface area contributed by atoms with Crippen molar-refractivity contribution in [3.05, 3.63) is 61.5 Å². The maximum absolute atomic E-state index is 11.1. The molecular weight excluding hydrogens is 338 g/mol. The van der Waals surface area contributed by atoms with Gasteiger partial charge in [-0.3, -0.25) is 15.0 Å². The second-order valence-corrected chi connectivity index (χ2v) is 6.86. The molecule has 102 valence electrons. The number of nitrogens with one attached hydrogen (secondary N) is 3. The van der Waals surface area contributed by atoms with E-state index < -0.39 is 0 Å². The second kappa shape index (κ2) is 5.68. The van der Waals surface area contributed by atoms with Gasteiger partial charge in [-0.25, -0.2) is 0 Å². The highest BCUT2D eigenvalue weighted by Gasteiger charge is 2.01. The maximum Gasteiger partial charge on any atom is 0.264 e. The minimum absolute atomic E-state index is 0.120. The van der Waals surface area contributed by atoms with E-state index >= 15 is 0 Å². The normalized spacial score (nSPS) is 10.7. The lowest BCUT2D eigenvalue weighted by molar-refractivity contribution is 1.06. The molecule has 0 aliphatic heterocycles. The van der Waals surface area contributed by atoms with Crippen LogP contribution >= 0.6 is 27.3 Å². The molecule has 2 heterocycles. The largest absolute Gasteiger partial charge is 0.380 e. The summed E-state index contributed by atoms with van der Waals surface area (Å²) in [4.78, 5) is 12.4. The second-order valence-electron chi connectivity index (χ2n) is 4.31. The molecular formula is C14H12BrN3OS. The number of aromatic amines is 2. The van der Waals surface area contributed by atoms with Crippen molar-refractivity contribution in [1.29, 1.82) is 0 Å². The number of rotatable bonds is 4. The molecule has 0 fully saturated rings. The first-order valence-corrected chi connectivity index (χ1v) is 7.68. The van der Waals surface area contributed by atoms with Crippen LogP contribution in [0.25, 0.3) is 11.3 Å². The van der Waals surface area contributed by atoms with Crippen LogP contribution in [0.2, 0.25) is 0 Å². The van der Waals surface area contributed by atoms with Crippen molar-refractivity contribution in [2.24, 2.45) is 0 Å². The predicted octanol–water partition coefficient (Wildman–Crippen LogP) is 3.81. The van der Waals surface area contributed by atoms with Crippen LogP contribution in [0.1, 0.15) is 4.88 Å². The summed E-state index contributed by atoms with van der Waals surface area (Å²) in [7, 11) is 0. The molecule has 0 bridgehead atoms. The van der Waals surface area contributed by atoms with E-state index in [0.717, 1.165) is 27.3 Å².